The van der Waals surface area contributed by atoms with Crippen molar-refractivity contribution >= 4 is 10.9 Å². The molecule has 4 heteroatoms. The third-order valence-electron chi connectivity index (χ3n) is 5.28. The Morgan fingerprint density at radius 1 is 1.21 bits per heavy atom. The molecule has 0 bridgehead atoms. The van der Waals surface area contributed by atoms with Gasteiger partial charge in [-0.1, -0.05) is 38.1 Å². The van der Waals surface area contributed by atoms with Crippen LogP contribution >= 0.6 is 0 Å². The average molecular weight is 329 g/mol. The van der Waals surface area contributed by atoms with Crippen LogP contribution in [0.1, 0.15) is 32.4 Å². The molecule has 1 aromatic heterocycles. The summed E-state index contributed by atoms with van der Waals surface area (Å²) in [6, 6.07) is 12.2. The molecular weight excluding hydrogens is 302 g/mol. The average Bonchev–Trinajstić information content (AvgIpc) is 2.59. The number of aliphatic hydroxyl groups excluding tert-OH is 1. The predicted molar refractivity (Wildman–Crippen MR) is 94.7 cm³/mol. The van der Waals surface area contributed by atoms with Crippen LogP contribution in [-0.2, 0) is 16.1 Å². The normalized spacial score (nSPS) is 26.6. The summed E-state index contributed by atoms with van der Waals surface area (Å²) < 4.78 is 11.8. The SMILES string of the molecule is COC1C(CO)C(OCc2ccc3ccccc3n2)CCC1(C)C. The summed E-state index contributed by atoms with van der Waals surface area (Å²) >= 11 is 0. The summed E-state index contributed by atoms with van der Waals surface area (Å²) in [6.45, 7) is 4.94. The minimum absolute atomic E-state index is 0.000735. The molecule has 24 heavy (non-hydrogen) atoms. The summed E-state index contributed by atoms with van der Waals surface area (Å²) in [6.07, 6.45) is 1.97. The molecule has 3 atom stereocenters. The van der Waals surface area contributed by atoms with Crippen molar-refractivity contribution in [2.45, 2.75) is 45.5 Å². The molecule has 0 spiro atoms. The zero-order chi connectivity index (χ0) is 17.2. The van der Waals surface area contributed by atoms with Gasteiger partial charge in [0.25, 0.3) is 0 Å². The van der Waals surface area contributed by atoms with Gasteiger partial charge in [0.2, 0.25) is 0 Å². The highest BCUT2D eigenvalue weighted by Gasteiger charge is 2.44. The zero-order valence-corrected chi connectivity index (χ0v) is 14.7. The lowest BCUT2D eigenvalue weighted by Crippen LogP contribution is -2.50. The fourth-order valence-corrected chi connectivity index (χ4v) is 3.94. The number of fused-ring (bicyclic) bond motifs is 1. The molecule has 1 N–H and O–H groups in total. The van der Waals surface area contributed by atoms with Crippen LogP contribution in [0.4, 0.5) is 0 Å². The van der Waals surface area contributed by atoms with Gasteiger partial charge in [-0.3, -0.25) is 4.98 Å². The third kappa shape index (κ3) is 3.46. The number of ether oxygens (including phenoxy) is 2. The first-order valence-electron chi connectivity index (χ1n) is 8.65. The van der Waals surface area contributed by atoms with Crippen molar-refractivity contribution in [2.24, 2.45) is 11.3 Å². The highest BCUT2D eigenvalue weighted by Crippen LogP contribution is 2.42. The number of nitrogens with zero attached hydrogens (tertiary/aromatic N) is 1. The quantitative estimate of drug-likeness (QED) is 0.911. The first kappa shape index (κ1) is 17.3. The minimum atomic E-state index is -0.000735. The van der Waals surface area contributed by atoms with Gasteiger partial charge >= 0.3 is 0 Å². The fraction of sp³-hybridized carbons (Fsp3) is 0.550. The maximum Gasteiger partial charge on any atom is 0.0892 e. The Morgan fingerprint density at radius 3 is 2.75 bits per heavy atom. The van der Waals surface area contributed by atoms with Crippen molar-refractivity contribution in [1.82, 2.24) is 4.98 Å². The van der Waals surface area contributed by atoms with E-state index in [9.17, 15) is 5.11 Å². The van der Waals surface area contributed by atoms with Crippen molar-refractivity contribution in [3.05, 3.63) is 42.1 Å². The topological polar surface area (TPSA) is 51.6 Å². The molecule has 130 valence electrons. The van der Waals surface area contributed by atoms with Crippen LogP contribution in [0.3, 0.4) is 0 Å². The van der Waals surface area contributed by atoms with E-state index in [1.807, 2.05) is 24.3 Å². The van der Waals surface area contributed by atoms with Gasteiger partial charge in [0, 0.05) is 18.4 Å². The largest absolute Gasteiger partial charge is 0.396 e. The first-order valence-corrected chi connectivity index (χ1v) is 8.65. The van der Waals surface area contributed by atoms with Gasteiger partial charge < -0.3 is 14.6 Å². The molecule has 0 radical (unpaired) electrons. The minimum Gasteiger partial charge on any atom is -0.396 e. The predicted octanol–water partition coefficient (Wildman–Crippen LogP) is 3.56. The van der Waals surface area contributed by atoms with E-state index >= 15 is 0 Å². The van der Waals surface area contributed by atoms with E-state index in [2.05, 4.69) is 31.0 Å². The van der Waals surface area contributed by atoms with Crippen LogP contribution < -0.4 is 0 Å². The molecule has 2 aromatic rings. The van der Waals surface area contributed by atoms with E-state index in [1.54, 1.807) is 7.11 Å². The highest BCUT2D eigenvalue weighted by molar-refractivity contribution is 5.78. The number of para-hydroxylation sites is 1. The molecule has 1 aliphatic carbocycles. The number of benzene rings is 1. The number of aliphatic hydroxyl groups is 1. The van der Waals surface area contributed by atoms with E-state index in [0.29, 0.717) is 6.61 Å². The van der Waals surface area contributed by atoms with Crippen molar-refractivity contribution in [1.29, 1.82) is 0 Å². The van der Waals surface area contributed by atoms with Gasteiger partial charge in [-0.25, -0.2) is 0 Å². The van der Waals surface area contributed by atoms with Crippen molar-refractivity contribution in [2.75, 3.05) is 13.7 Å². The van der Waals surface area contributed by atoms with E-state index in [0.717, 1.165) is 29.4 Å². The van der Waals surface area contributed by atoms with E-state index in [4.69, 9.17) is 9.47 Å². The first-order chi connectivity index (χ1) is 11.5. The maximum atomic E-state index is 9.86. The molecule has 1 aromatic carbocycles. The maximum absolute atomic E-state index is 9.86. The van der Waals surface area contributed by atoms with E-state index in [-0.39, 0.29) is 30.1 Å². The van der Waals surface area contributed by atoms with Crippen LogP contribution in [0.15, 0.2) is 36.4 Å². The van der Waals surface area contributed by atoms with Crippen molar-refractivity contribution in [3.8, 4) is 0 Å². The van der Waals surface area contributed by atoms with Crippen LogP contribution in [-0.4, -0.2) is 36.0 Å². The van der Waals surface area contributed by atoms with Crippen LogP contribution in [0, 0.1) is 11.3 Å². The molecule has 1 aliphatic rings. The molecule has 0 amide bonds. The molecule has 0 aliphatic heterocycles. The Kier molecular flexibility index (Phi) is 5.18. The summed E-state index contributed by atoms with van der Waals surface area (Å²) in [7, 11) is 1.72. The second-order valence-electron chi connectivity index (χ2n) is 7.37. The number of aromatic nitrogens is 1. The van der Waals surface area contributed by atoms with Crippen molar-refractivity contribution < 1.29 is 14.6 Å². The monoisotopic (exact) mass is 329 g/mol. The van der Waals surface area contributed by atoms with E-state index in [1.165, 1.54) is 0 Å². The highest BCUT2D eigenvalue weighted by atomic mass is 16.5. The molecule has 3 rings (SSSR count). The molecule has 3 unspecified atom stereocenters. The summed E-state index contributed by atoms with van der Waals surface area (Å²) in [5.41, 5.74) is 1.96. The van der Waals surface area contributed by atoms with Gasteiger partial charge in [0.05, 0.1) is 36.6 Å². The number of hydrogen-bond donors (Lipinski definition) is 1. The Bertz CT molecular complexity index is 685. The lowest BCUT2D eigenvalue weighted by molar-refractivity contribution is -0.146. The Hall–Kier alpha value is -1.49. The van der Waals surface area contributed by atoms with Crippen LogP contribution in [0.5, 0.6) is 0 Å². The van der Waals surface area contributed by atoms with Crippen LogP contribution in [0.2, 0.25) is 0 Å². The third-order valence-corrected chi connectivity index (χ3v) is 5.28. The Labute approximate surface area is 143 Å². The number of methoxy groups -OCH3 is 1. The lowest BCUT2D eigenvalue weighted by atomic mass is 9.68. The number of rotatable bonds is 5. The van der Waals surface area contributed by atoms with Gasteiger partial charge in [-0.05, 0) is 30.4 Å². The van der Waals surface area contributed by atoms with E-state index < -0.39 is 0 Å². The standard InChI is InChI=1S/C20H27NO3/c1-20(2)11-10-18(16(12-22)19(20)23-3)24-13-15-9-8-14-6-4-5-7-17(14)21-15/h4-9,16,18-19,22H,10-13H2,1-3H3. The smallest absolute Gasteiger partial charge is 0.0892 e. The molecule has 1 heterocycles. The molecule has 1 saturated carbocycles. The fourth-order valence-electron chi connectivity index (χ4n) is 3.94. The van der Waals surface area contributed by atoms with Gasteiger partial charge in [-0.15, -0.1) is 0 Å². The zero-order valence-electron chi connectivity index (χ0n) is 14.7. The van der Waals surface area contributed by atoms with Crippen LogP contribution in [0.25, 0.3) is 10.9 Å². The number of pyridine rings is 1. The van der Waals surface area contributed by atoms with Gasteiger partial charge in [0.15, 0.2) is 0 Å². The second kappa shape index (κ2) is 7.18. The number of hydrogen-bond acceptors (Lipinski definition) is 4. The molecule has 1 fully saturated rings. The molecule has 4 nitrogen and oxygen atoms in total. The van der Waals surface area contributed by atoms with Crippen molar-refractivity contribution in [3.63, 3.8) is 0 Å². The second-order valence-corrected chi connectivity index (χ2v) is 7.37. The molecule has 0 saturated heterocycles. The summed E-state index contributed by atoms with van der Waals surface area (Å²) in [4.78, 5) is 4.66. The lowest BCUT2D eigenvalue weighted by Gasteiger charge is -2.46. The van der Waals surface area contributed by atoms with Gasteiger partial charge in [0.1, 0.15) is 0 Å². The molecular formula is C20H27NO3. The Morgan fingerprint density at radius 2 is 2.00 bits per heavy atom. The Balaban J connectivity index is 1.70. The summed E-state index contributed by atoms with van der Waals surface area (Å²) in [5.74, 6) is -0.000735. The van der Waals surface area contributed by atoms with Gasteiger partial charge in [-0.2, -0.15) is 0 Å². The summed E-state index contributed by atoms with van der Waals surface area (Å²) in [5, 5.41) is 11.0.